The second-order valence-corrected chi connectivity index (χ2v) is 7.52. The summed E-state index contributed by atoms with van der Waals surface area (Å²) < 4.78 is 0. The number of aliphatic carboxylic acids is 1. The maximum absolute atomic E-state index is 11.6. The fourth-order valence-corrected chi connectivity index (χ4v) is 4.18. The van der Waals surface area contributed by atoms with Crippen molar-refractivity contribution in [2.75, 3.05) is 0 Å². The molecule has 0 bridgehead atoms. The molecule has 0 radical (unpaired) electrons. The van der Waals surface area contributed by atoms with Gasteiger partial charge in [0.15, 0.2) is 5.82 Å². The fourth-order valence-electron chi connectivity index (χ4n) is 4.18. The maximum atomic E-state index is 11.6. The summed E-state index contributed by atoms with van der Waals surface area (Å²) in [5, 5.41) is 16.4. The summed E-state index contributed by atoms with van der Waals surface area (Å²) in [5.74, 6) is -0.408. The van der Waals surface area contributed by atoms with E-state index in [1.165, 1.54) is 6.42 Å². The number of fused-ring (bicyclic) bond motifs is 1. The van der Waals surface area contributed by atoms with Crippen molar-refractivity contribution in [1.82, 2.24) is 9.99 Å². The average molecular weight is 388 g/mol. The van der Waals surface area contributed by atoms with Gasteiger partial charge in [-0.3, -0.25) is 4.98 Å². The number of rotatable bonds is 4. The maximum Gasteiger partial charge on any atom is 0.335 e. The minimum atomic E-state index is -1.01. The van der Waals surface area contributed by atoms with E-state index in [4.69, 9.17) is 0 Å². The van der Waals surface area contributed by atoms with E-state index in [-0.39, 0.29) is 11.5 Å². The lowest BCUT2D eigenvalue weighted by molar-refractivity contribution is -0.132. The summed E-state index contributed by atoms with van der Waals surface area (Å²) in [6.45, 7) is 5.27. The van der Waals surface area contributed by atoms with Gasteiger partial charge in [0.2, 0.25) is 0 Å². The van der Waals surface area contributed by atoms with Crippen LogP contribution in [0.1, 0.15) is 44.6 Å². The van der Waals surface area contributed by atoms with Crippen molar-refractivity contribution in [2.24, 2.45) is 16.0 Å². The molecule has 0 amide bonds. The third-order valence-corrected chi connectivity index (χ3v) is 5.71. The molecule has 1 aliphatic carbocycles. The SMILES string of the molecule is C=NN1C(C2CCCCC2)=C(c2cnc3ccccc3c2)C=N/C1=C(/C)C(=O)O. The topological polar surface area (TPSA) is 78.2 Å². The summed E-state index contributed by atoms with van der Waals surface area (Å²) in [6.07, 6.45) is 9.22. The Labute approximate surface area is 170 Å². The van der Waals surface area contributed by atoms with Crippen LogP contribution in [0.5, 0.6) is 0 Å². The highest BCUT2D eigenvalue weighted by Gasteiger charge is 2.31. The third-order valence-electron chi connectivity index (χ3n) is 5.71. The highest BCUT2D eigenvalue weighted by Crippen LogP contribution is 2.40. The molecule has 1 fully saturated rings. The first-order chi connectivity index (χ1) is 14.1. The van der Waals surface area contributed by atoms with Crippen LogP contribution in [-0.4, -0.2) is 34.0 Å². The van der Waals surface area contributed by atoms with Gasteiger partial charge < -0.3 is 5.11 Å². The number of allylic oxidation sites excluding steroid dienone is 2. The average Bonchev–Trinajstić information content (AvgIpc) is 2.77. The molecule has 1 aromatic carbocycles. The van der Waals surface area contributed by atoms with Crippen molar-refractivity contribution in [3.8, 4) is 0 Å². The van der Waals surface area contributed by atoms with Crippen LogP contribution in [0.25, 0.3) is 16.5 Å². The van der Waals surface area contributed by atoms with Crippen LogP contribution in [0.3, 0.4) is 0 Å². The van der Waals surface area contributed by atoms with Crippen LogP contribution in [-0.2, 0) is 4.79 Å². The first-order valence-electron chi connectivity index (χ1n) is 9.94. The largest absolute Gasteiger partial charge is 0.478 e. The number of nitrogens with zero attached hydrogens (tertiary/aromatic N) is 4. The van der Waals surface area contributed by atoms with E-state index < -0.39 is 5.97 Å². The molecule has 148 valence electrons. The van der Waals surface area contributed by atoms with Gasteiger partial charge in [0.05, 0.1) is 16.8 Å². The van der Waals surface area contributed by atoms with Gasteiger partial charge in [-0.1, -0.05) is 37.5 Å². The number of hydrogen-bond acceptors (Lipinski definition) is 5. The zero-order chi connectivity index (χ0) is 20.4. The van der Waals surface area contributed by atoms with Crippen LogP contribution < -0.4 is 0 Å². The Kier molecular flexibility index (Phi) is 5.25. The van der Waals surface area contributed by atoms with Gasteiger partial charge in [0.1, 0.15) is 0 Å². The lowest BCUT2D eigenvalue weighted by Gasteiger charge is -2.35. The van der Waals surface area contributed by atoms with Crippen LogP contribution in [0.2, 0.25) is 0 Å². The van der Waals surface area contributed by atoms with Gasteiger partial charge in [0.25, 0.3) is 0 Å². The first-order valence-corrected chi connectivity index (χ1v) is 9.94. The predicted octanol–water partition coefficient (Wildman–Crippen LogP) is 4.84. The number of para-hydroxylation sites is 1. The minimum Gasteiger partial charge on any atom is -0.478 e. The summed E-state index contributed by atoms with van der Waals surface area (Å²) in [7, 11) is 0. The molecule has 0 saturated heterocycles. The lowest BCUT2D eigenvalue weighted by Crippen LogP contribution is -2.29. The molecule has 0 unspecified atom stereocenters. The molecule has 1 aromatic heterocycles. The number of carboxylic acid groups (broad SMARTS) is 1. The molecule has 4 rings (SSSR count). The summed E-state index contributed by atoms with van der Waals surface area (Å²) in [6, 6.07) is 10.1. The Morgan fingerprint density at radius 3 is 2.72 bits per heavy atom. The number of hydrogen-bond donors (Lipinski definition) is 1. The van der Waals surface area contributed by atoms with Crippen molar-refractivity contribution in [2.45, 2.75) is 39.0 Å². The molecule has 0 spiro atoms. The fraction of sp³-hybridized carbons (Fsp3) is 0.304. The van der Waals surface area contributed by atoms with Gasteiger partial charge in [-0.2, -0.15) is 5.10 Å². The van der Waals surface area contributed by atoms with E-state index in [0.717, 1.165) is 53.4 Å². The number of aliphatic imine (C=N–C) groups is 1. The monoisotopic (exact) mass is 388 g/mol. The summed E-state index contributed by atoms with van der Waals surface area (Å²) >= 11 is 0. The summed E-state index contributed by atoms with van der Waals surface area (Å²) in [5.41, 5.74) is 3.95. The second kappa shape index (κ2) is 7.99. The Bertz CT molecular complexity index is 1060. The molecule has 6 heteroatoms. The number of hydrazone groups is 1. The van der Waals surface area contributed by atoms with Gasteiger partial charge in [-0.05, 0) is 31.9 Å². The van der Waals surface area contributed by atoms with Gasteiger partial charge >= 0.3 is 5.97 Å². The number of carbonyl (C=O) groups is 1. The van der Waals surface area contributed by atoms with Crippen molar-refractivity contribution < 1.29 is 9.90 Å². The molecular weight excluding hydrogens is 364 g/mol. The van der Waals surface area contributed by atoms with E-state index >= 15 is 0 Å². The minimum absolute atomic E-state index is 0.151. The molecule has 0 atom stereocenters. The van der Waals surface area contributed by atoms with Gasteiger partial charge in [-0.15, -0.1) is 0 Å². The summed E-state index contributed by atoms with van der Waals surface area (Å²) in [4.78, 5) is 20.7. The van der Waals surface area contributed by atoms with E-state index in [0.29, 0.717) is 5.82 Å². The zero-order valence-electron chi connectivity index (χ0n) is 16.5. The Morgan fingerprint density at radius 2 is 2.00 bits per heavy atom. The highest BCUT2D eigenvalue weighted by atomic mass is 16.4. The number of pyridine rings is 1. The van der Waals surface area contributed by atoms with Crippen molar-refractivity contribution in [3.05, 3.63) is 59.2 Å². The Balaban J connectivity index is 1.91. The first kappa shape index (κ1) is 19.1. The quantitative estimate of drug-likeness (QED) is 0.600. The molecular formula is C23H24N4O2. The van der Waals surface area contributed by atoms with E-state index in [2.05, 4.69) is 27.9 Å². The second-order valence-electron chi connectivity index (χ2n) is 7.52. The van der Waals surface area contributed by atoms with Crippen molar-refractivity contribution >= 4 is 35.4 Å². The van der Waals surface area contributed by atoms with E-state index in [1.807, 2.05) is 30.5 Å². The molecule has 1 aliphatic heterocycles. The number of carboxylic acids is 1. The molecule has 6 nitrogen and oxygen atoms in total. The van der Waals surface area contributed by atoms with Crippen LogP contribution >= 0.6 is 0 Å². The molecule has 29 heavy (non-hydrogen) atoms. The van der Waals surface area contributed by atoms with Crippen LogP contribution in [0.4, 0.5) is 0 Å². The number of aromatic nitrogens is 1. The molecule has 2 heterocycles. The molecule has 1 N–H and O–H groups in total. The van der Waals surface area contributed by atoms with Gasteiger partial charge in [0, 0.05) is 41.6 Å². The molecule has 2 aliphatic rings. The molecule has 2 aromatic rings. The van der Waals surface area contributed by atoms with E-state index in [1.54, 1.807) is 18.1 Å². The van der Waals surface area contributed by atoms with E-state index in [9.17, 15) is 9.90 Å². The highest BCUT2D eigenvalue weighted by molar-refractivity contribution is 6.13. The standard InChI is InChI=1S/C23H24N4O2/c1-15(23(28)29)22-26-14-19(18-12-17-10-6-7-11-20(17)25-13-18)21(27(22)24-2)16-8-4-3-5-9-16/h6-7,10-14,16H,2-5,8-9H2,1H3,(H,28,29)/b22-15+. The molecule has 1 saturated carbocycles. The predicted molar refractivity (Wildman–Crippen MR) is 115 cm³/mol. The van der Waals surface area contributed by atoms with Crippen LogP contribution in [0, 0.1) is 5.92 Å². The zero-order valence-corrected chi connectivity index (χ0v) is 16.5. The third kappa shape index (κ3) is 3.58. The smallest absolute Gasteiger partial charge is 0.335 e. The van der Waals surface area contributed by atoms with Crippen LogP contribution in [0.15, 0.2) is 63.7 Å². The van der Waals surface area contributed by atoms with Crippen molar-refractivity contribution in [1.29, 1.82) is 0 Å². The Morgan fingerprint density at radius 1 is 1.24 bits per heavy atom. The lowest BCUT2D eigenvalue weighted by atomic mass is 9.83. The normalized spacial score (nSPS) is 19.6. The van der Waals surface area contributed by atoms with Crippen molar-refractivity contribution in [3.63, 3.8) is 0 Å². The number of benzene rings is 1. The Hall–Kier alpha value is -3.28. The van der Waals surface area contributed by atoms with Gasteiger partial charge in [-0.25, -0.2) is 14.8 Å².